The maximum absolute atomic E-state index is 5.67. The monoisotopic (exact) mass is 263 g/mol. The average molecular weight is 263 g/mol. The lowest BCUT2D eigenvalue weighted by Crippen LogP contribution is -2.39. The summed E-state index contributed by atoms with van der Waals surface area (Å²) in [6.07, 6.45) is 7.01. The van der Waals surface area contributed by atoms with Crippen molar-refractivity contribution in [3.8, 4) is 0 Å². The normalized spacial score (nSPS) is 23.7. The Bertz CT molecular complexity index is 433. The molecular formula is C14H21N3S. The lowest BCUT2D eigenvalue weighted by molar-refractivity contribution is 0.320. The summed E-state index contributed by atoms with van der Waals surface area (Å²) in [7, 11) is 2.12. The maximum atomic E-state index is 5.67. The number of thiocarbonyl (C=S) groups is 1. The summed E-state index contributed by atoms with van der Waals surface area (Å²) in [6, 6.07) is 4.43. The molecule has 2 unspecified atom stereocenters. The zero-order valence-corrected chi connectivity index (χ0v) is 11.9. The van der Waals surface area contributed by atoms with Crippen LogP contribution in [-0.2, 0) is 0 Å². The number of nitrogens with zero attached hydrogens (tertiary/aromatic N) is 2. The van der Waals surface area contributed by atoms with Crippen LogP contribution in [0.5, 0.6) is 0 Å². The molecule has 1 fully saturated rings. The molecule has 2 atom stereocenters. The summed E-state index contributed by atoms with van der Waals surface area (Å²) in [5.41, 5.74) is 6.57. The summed E-state index contributed by atoms with van der Waals surface area (Å²) in [5, 5.41) is 0. The summed E-state index contributed by atoms with van der Waals surface area (Å²) < 4.78 is 0. The molecule has 4 heteroatoms. The van der Waals surface area contributed by atoms with Gasteiger partial charge in [0.2, 0.25) is 0 Å². The molecule has 1 aromatic rings. The molecule has 18 heavy (non-hydrogen) atoms. The van der Waals surface area contributed by atoms with Crippen molar-refractivity contribution in [1.82, 2.24) is 4.98 Å². The van der Waals surface area contributed by atoms with Crippen molar-refractivity contribution in [2.75, 3.05) is 11.9 Å². The van der Waals surface area contributed by atoms with E-state index in [1.807, 2.05) is 12.1 Å². The highest BCUT2D eigenvalue weighted by Crippen LogP contribution is 2.29. The third kappa shape index (κ3) is 2.80. The van der Waals surface area contributed by atoms with Crippen LogP contribution in [0.1, 0.15) is 38.2 Å². The third-order valence-corrected chi connectivity index (χ3v) is 4.19. The van der Waals surface area contributed by atoms with Crippen molar-refractivity contribution < 1.29 is 0 Å². The predicted molar refractivity (Wildman–Crippen MR) is 79.9 cm³/mol. The second kappa shape index (κ2) is 5.65. The quantitative estimate of drug-likeness (QED) is 0.852. The van der Waals surface area contributed by atoms with Crippen LogP contribution in [0.3, 0.4) is 0 Å². The van der Waals surface area contributed by atoms with Gasteiger partial charge in [-0.15, -0.1) is 0 Å². The van der Waals surface area contributed by atoms with Gasteiger partial charge >= 0.3 is 0 Å². The molecule has 1 heterocycles. The number of pyridine rings is 1. The highest BCUT2D eigenvalue weighted by molar-refractivity contribution is 7.80. The molecule has 1 aromatic heterocycles. The van der Waals surface area contributed by atoms with Gasteiger partial charge in [-0.3, -0.25) is 0 Å². The van der Waals surface area contributed by atoms with Crippen LogP contribution in [-0.4, -0.2) is 23.1 Å². The smallest absolute Gasteiger partial charge is 0.129 e. The van der Waals surface area contributed by atoms with Gasteiger partial charge in [-0.1, -0.05) is 32.0 Å². The Kier molecular flexibility index (Phi) is 4.17. The van der Waals surface area contributed by atoms with Crippen LogP contribution in [0, 0.1) is 5.92 Å². The molecule has 2 N–H and O–H groups in total. The van der Waals surface area contributed by atoms with Crippen LogP contribution < -0.4 is 10.6 Å². The van der Waals surface area contributed by atoms with Gasteiger partial charge in [0.15, 0.2) is 0 Å². The number of nitrogens with two attached hydrogens (primary N) is 1. The van der Waals surface area contributed by atoms with E-state index in [9.17, 15) is 0 Å². The van der Waals surface area contributed by atoms with Crippen molar-refractivity contribution >= 4 is 23.0 Å². The molecule has 0 amide bonds. The van der Waals surface area contributed by atoms with Crippen molar-refractivity contribution in [1.29, 1.82) is 0 Å². The summed E-state index contributed by atoms with van der Waals surface area (Å²) in [5.74, 6) is 1.69. The number of hydrogen-bond acceptors (Lipinski definition) is 3. The van der Waals surface area contributed by atoms with E-state index in [1.54, 1.807) is 6.20 Å². The second-order valence-corrected chi connectivity index (χ2v) is 5.65. The van der Waals surface area contributed by atoms with Gasteiger partial charge < -0.3 is 10.6 Å². The molecule has 0 radical (unpaired) electrons. The van der Waals surface area contributed by atoms with E-state index in [1.165, 1.54) is 25.7 Å². The van der Waals surface area contributed by atoms with Crippen molar-refractivity contribution in [3.63, 3.8) is 0 Å². The number of aromatic nitrogens is 1. The molecular weight excluding hydrogens is 242 g/mol. The summed E-state index contributed by atoms with van der Waals surface area (Å²) in [4.78, 5) is 7.16. The van der Waals surface area contributed by atoms with Gasteiger partial charge in [0.25, 0.3) is 0 Å². The SMILES string of the molecule is CC1CCCCC1N(C)c1cc(C(N)=S)ccn1. The molecule has 1 aliphatic rings. The van der Waals surface area contributed by atoms with Crippen LogP contribution in [0.25, 0.3) is 0 Å². The fourth-order valence-electron chi connectivity index (χ4n) is 2.81. The zero-order chi connectivity index (χ0) is 13.1. The van der Waals surface area contributed by atoms with Gasteiger partial charge in [-0.25, -0.2) is 4.98 Å². The van der Waals surface area contributed by atoms with Crippen LogP contribution in [0.2, 0.25) is 0 Å². The first kappa shape index (κ1) is 13.3. The van der Waals surface area contributed by atoms with Crippen LogP contribution in [0.4, 0.5) is 5.82 Å². The van der Waals surface area contributed by atoms with Crippen molar-refractivity contribution in [2.24, 2.45) is 11.7 Å². The third-order valence-electron chi connectivity index (χ3n) is 3.96. The molecule has 3 nitrogen and oxygen atoms in total. The van der Waals surface area contributed by atoms with E-state index >= 15 is 0 Å². The first-order valence-electron chi connectivity index (χ1n) is 6.58. The fourth-order valence-corrected chi connectivity index (χ4v) is 2.93. The minimum Gasteiger partial charge on any atom is -0.389 e. The minimum absolute atomic E-state index is 0.434. The fraction of sp³-hybridized carbons (Fsp3) is 0.571. The molecule has 0 bridgehead atoms. The van der Waals surface area contributed by atoms with Crippen LogP contribution in [0.15, 0.2) is 18.3 Å². The first-order valence-corrected chi connectivity index (χ1v) is 6.99. The van der Waals surface area contributed by atoms with Gasteiger partial charge in [0, 0.05) is 24.8 Å². The minimum atomic E-state index is 0.434. The Labute approximate surface area is 114 Å². The van der Waals surface area contributed by atoms with E-state index in [2.05, 4.69) is 23.9 Å². The lowest BCUT2D eigenvalue weighted by atomic mass is 9.85. The van der Waals surface area contributed by atoms with Gasteiger partial charge in [0.05, 0.1) is 0 Å². The van der Waals surface area contributed by atoms with E-state index < -0.39 is 0 Å². The molecule has 1 saturated carbocycles. The zero-order valence-electron chi connectivity index (χ0n) is 11.1. The molecule has 2 rings (SSSR count). The predicted octanol–water partition coefficient (Wildman–Crippen LogP) is 2.73. The highest BCUT2D eigenvalue weighted by Gasteiger charge is 2.25. The Morgan fingerprint density at radius 3 is 2.83 bits per heavy atom. The molecule has 0 spiro atoms. The number of hydrogen-bond donors (Lipinski definition) is 1. The Balaban J connectivity index is 2.19. The average Bonchev–Trinajstić information content (AvgIpc) is 2.38. The molecule has 98 valence electrons. The van der Waals surface area contributed by atoms with E-state index in [4.69, 9.17) is 18.0 Å². The Morgan fingerprint density at radius 2 is 2.17 bits per heavy atom. The topological polar surface area (TPSA) is 42.1 Å². The second-order valence-electron chi connectivity index (χ2n) is 5.21. The van der Waals surface area contributed by atoms with Crippen molar-refractivity contribution in [3.05, 3.63) is 23.9 Å². The van der Waals surface area contributed by atoms with Crippen LogP contribution >= 0.6 is 12.2 Å². The molecule has 0 aromatic carbocycles. The summed E-state index contributed by atoms with van der Waals surface area (Å²) in [6.45, 7) is 2.33. The number of rotatable bonds is 3. The van der Waals surface area contributed by atoms with E-state index in [0.717, 1.165) is 17.3 Å². The van der Waals surface area contributed by atoms with Gasteiger partial charge in [-0.05, 0) is 30.9 Å². The van der Waals surface area contributed by atoms with Crippen molar-refractivity contribution in [2.45, 2.75) is 38.6 Å². The van der Waals surface area contributed by atoms with Gasteiger partial charge in [0.1, 0.15) is 10.8 Å². The highest BCUT2D eigenvalue weighted by atomic mass is 32.1. The summed E-state index contributed by atoms with van der Waals surface area (Å²) >= 11 is 5.02. The maximum Gasteiger partial charge on any atom is 0.129 e. The standard InChI is InChI=1S/C14H21N3S/c1-10-5-3-4-6-12(10)17(2)13-9-11(14(15)18)7-8-16-13/h7-10,12H,3-6H2,1-2H3,(H2,15,18). The number of anilines is 1. The molecule has 0 saturated heterocycles. The van der Waals surface area contributed by atoms with E-state index in [-0.39, 0.29) is 0 Å². The Morgan fingerprint density at radius 1 is 1.44 bits per heavy atom. The first-order chi connectivity index (χ1) is 8.59. The van der Waals surface area contributed by atoms with E-state index in [0.29, 0.717) is 11.0 Å². The Hall–Kier alpha value is -1.16. The van der Waals surface area contributed by atoms with Gasteiger partial charge in [-0.2, -0.15) is 0 Å². The largest absolute Gasteiger partial charge is 0.389 e. The molecule has 1 aliphatic carbocycles. The lowest BCUT2D eigenvalue weighted by Gasteiger charge is -2.37. The molecule has 0 aliphatic heterocycles.